The summed E-state index contributed by atoms with van der Waals surface area (Å²) in [5.74, 6) is -0.294. The van der Waals surface area contributed by atoms with E-state index in [0.717, 1.165) is 0 Å². The van der Waals surface area contributed by atoms with Crippen molar-refractivity contribution in [3.63, 3.8) is 0 Å². The molecule has 136 valence electrons. The van der Waals surface area contributed by atoms with Gasteiger partial charge in [-0.1, -0.05) is 20.8 Å². The summed E-state index contributed by atoms with van der Waals surface area (Å²) in [6, 6.07) is 4.95. The van der Waals surface area contributed by atoms with Crippen LogP contribution in [0, 0.1) is 15.5 Å². The van der Waals surface area contributed by atoms with E-state index in [2.05, 4.69) is 0 Å². The number of nitrogens with zero attached hydrogens (tertiary/aromatic N) is 3. The van der Waals surface area contributed by atoms with Crippen LogP contribution in [-0.4, -0.2) is 58.8 Å². The van der Waals surface area contributed by atoms with Crippen molar-refractivity contribution >= 4 is 17.5 Å². The van der Waals surface area contributed by atoms with Gasteiger partial charge >= 0.3 is 0 Å². The maximum Gasteiger partial charge on any atom is 0.269 e. The molecule has 1 heterocycles. The summed E-state index contributed by atoms with van der Waals surface area (Å²) in [5, 5.41) is 10.7. The summed E-state index contributed by atoms with van der Waals surface area (Å²) >= 11 is 0. The Hall–Kier alpha value is -2.48. The lowest BCUT2D eigenvalue weighted by atomic mass is 9.86. The minimum Gasteiger partial charge on any atom is -0.338 e. The molecule has 0 bridgehead atoms. The SMILES string of the molecule is CC(C)(C)[C@H](N)C(=O)N1CCN(C(=O)c2ccc([N+](=O)[O-])cc2)CC1. The molecule has 0 spiro atoms. The Morgan fingerprint density at radius 2 is 1.56 bits per heavy atom. The van der Waals surface area contributed by atoms with Crippen LogP contribution < -0.4 is 5.73 Å². The number of nitrogens with two attached hydrogens (primary N) is 1. The normalized spacial score (nSPS) is 16.5. The fourth-order valence-electron chi connectivity index (χ4n) is 2.61. The van der Waals surface area contributed by atoms with Crippen molar-refractivity contribution in [2.45, 2.75) is 26.8 Å². The first-order valence-corrected chi connectivity index (χ1v) is 8.19. The number of carbonyl (C=O) groups is 2. The van der Waals surface area contributed by atoms with Crippen LogP contribution in [0.1, 0.15) is 31.1 Å². The molecule has 8 nitrogen and oxygen atoms in total. The van der Waals surface area contributed by atoms with Crippen LogP contribution in [-0.2, 0) is 4.79 Å². The van der Waals surface area contributed by atoms with Crippen LogP contribution in [0.2, 0.25) is 0 Å². The summed E-state index contributed by atoms with van der Waals surface area (Å²) < 4.78 is 0. The lowest BCUT2D eigenvalue weighted by Crippen LogP contribution is -2.56. The molecule has 1 aromatic carbocycles. The average molecular weight is 348 g/mol. The number of hydrogen-bond donors (Lipinski definition) is 1. The second-order valence-corrected chi connectivity index (χ2v) is 7.27. The van der Waals surface area contributed by atoms with Crippen molar-refractivity contribution in [2.24, 2.45) is 11.1 Å². The fraction of sp³-hybridized carbons (Fsp3) is 0.529. The summed E-state index contributed by atoms with van der Waals surface area (Å²) in [6.07, 6.45) is 0. The Balaban J connectivity index is 1.96. The van der Waals surface area contributed by atoms with E-state index in [-0.39, 0.29) is 22.9 Å². The van der Waals surface area contributed by atoms with Gasteiger partial charge in [-0.3, -0.25) is 19.7 Å². The second-order valence-electron chi connectivity index (χ2n) is 7.27. The van der Waals surface area contributed by atoms with Crippen LogP contribution in [0.25, 0.3) is 0 Å². The highest BCUT2D eigenvalue weighted by atomic mass is 16.6. The van der Waals surface area contributed by atoms with E-state index in [1.807, 2.05) is 20.8 Å². The van der Waals surface area contributed by atoms with Crippen LogP contribution in [0.3, 0.4) is 0 Å². The lowest BCUT2D eigenvalue weighted by Gasteiger charge is -2.38. The Kier molecular flexibility index (Phi) is 5.42. The summed E-state index contributed by atoms with van der Waals surface area (Å²) in [7, 11) is 0. The van der Waals surface area contributed by atoms with Gasteiger partial charge in [0.2, 0.25) is 5.91 Å². The highest BCUT2D eigenvalue weighted by Crippen LogP contribution is 2.20. The lowest BCUT2D eigenvalue weighted by molar-refractivity contribution is -0.384. The number of benzene rings is 1. The van der Waals surface area contributed by atoms with Crippen LogP contribution in [0.4, 0.5) is 5.69 Å². The van der Waals surface area contributed by atoms with Gasteiger partial charge in [-0.25, -0.2) is 0 Å². The second kappa shape index (κ2) is 7.18. The Morgan fingerprint density at radius 1 is 1.08 bits per heavy atom. The van der Waals surface area contributed by atoms with Crippen molar-refractivity contribution < 1.29 is 14.5 Å². The van der Waals surface area contributed by atoms with Gasteiger partial charge in [0.25, 0.3) is 11.6 Å². The molecule has 0 unspecified atom stereocenters. The molecule has 1 aliphatic rings. The Morgan fingerprint density at radius 3 is 2.00 bits per heavy atom. The molecule has 1 aliphatic heterocycles. The van der Waals surface area contributed by atoms with E-state index >= 15 is 0 Å². The van der Waals surface area contributed by atoms with Crippen LogP contribution in [0.5, 0.6) is 0 Å². The number of nitro groups is 1. The number of hydrogen-bond acceptors (Lipinski definition) is 5. The minimum atomic E-state index is -0.579. The van der Waals surface area contributed by atoms with Gasteiger partial charge in [-0.05, 0) is 17.5 Å². The van der Waals surface area contributed by atoms with Crippen LogP contribution in [0.15, 0.2) is 24.3 Å². The Bertz CT molecular complexity index is 658. The smallest absolute Gasteiger partial charge is 0.269 e. The van der Waals surface area contributed by atoms with Crippen LogP contribution >= 0.6 is 0 Å². The molecule has 2 rings (SSSR count). The molecular formula is C17H24N4O4. The van der Waals surface area contributed by atoms with E-state index < -0.39 is 11.0 Å². The number of non-ortho nitro benzene ring substituents is 1. The van der Waals surface area contributed by atoms with Gasteiger partial charge in [0.15, 0.2) is 0 Å². The van der Waals surface area contributed by atoms with Crippen molar-refractivity contribution in [1.29, 1.82) is 0 Å². The van der Waals surface area contributed by atoms with Gasteiger partial charge in [0, 0.05) is 43.9 Å². The van der Waals surface area contributed by atoms with Gasteiger partial charge in [-0.2, -0.15) is 0 Å². The predicted molar refractivity (Wildman–Crippen MR) is 93.0 cm³/mol. The first-order chi connectivity index (χ1) is 11.6. The van der Waals surface area contributed by atoms with E-state index in [1.54, 1.807) is 9.80 Å². The molecule has 0 aromatic heterocycles. The molecule has 2 N–H and O–H groups in total. The number of piperazine rings is 1. The number of carbonyl (C=O) groups excluding carboxylic acids is 2. The standard InChI is InChI=1S/C17H24N4O4/c1-17(2,3)14(18)16(23)20-10-8-19(9-11-20)15(22)12-4-6-13(7-5-12)21(24)25/h4-7,14H,8-11,18H2,1-3H3/t14-/m1/s1. The molecule has 25 heavy (non-hydrogen) atoms. The average Bonchev–Trinajstić information content (AvgIpc) is 2.59. The third-order valence-corrected chi connectivity index (χ3v) is 4.40. The third-order valence-electron chi connectivity index (χ3n) is 4.40. The summed E-state index contributed by atoms with van der Waals surface area (Å²) in [6.45, 7) is 7.46. The zero-order valence-electron chi connectivity index (χ0n) is 14.8. The number of amides is 2. The molecular weight excluding hydrogens is 324 g/mol. The van der Waals surface area contributed by atoms with Crippen molar-refractivity contribution in [3.05, 3.63) is 39.9 Å². The maximum absolute atomic E-state index is 12.5. The highest BCUT2D eigenvalue weighted by molar-refractivity contribution is 5.94. The van der Waals surface area contributed by atoms with E-state index in [4.69, 9.17) is 5.73 Å². The first-order valence-electron chi connectivity index (χ1n) is 8.19. The minimum absolute atomic E-state index is 0.0527. The fourth-order valence-corrected chi connectivity index (χ4v) is 2.61. The number of nitro benzene ring substituents is 1. The number of rotatable bonds is 3. The zero-order valence-corrected chi connectivity index (χ0v) is 14.8. The van der Waals surface area contributed by atoms with Gasteiger partial charge < -0.3 is 15.5 Å². The topological polar surface area (TPSA) is 110 Å². The largest absolute Gasteiger partial charge is 0.338 e. The van der Waals surface area contributed by atoms with Gasteiger partial charge in [-0.15, -0.1) is 0 Å². The third kappa shape index (κ3) is 4.33. The molecule has 0 saturated carbocycles. The molecule has 0 radical (unpaired) electrons. The highest BCUT2D eigenvalue weighted by Gasteiger charge is 2.33. The molecule has 0 aliphatic carbocycles. The van der Waals surface area contributed by atoms with E-state index in [1.165, 1.54) is 24.3 Å². The summed E-state index contributed by atoms with van der Waals surface area (Å²) in [4.78, 5) is 38.4. The van der Waals surface area contributed by atoms with Crippen molar-refractivity contribution in [1.82, 2.24) is 9.80 Å². The molecule has 1 atom stereocenters. The van der Waals surface area contributed by atoms with Crippen molar-refractivity contribution in [3.8, 4) is 0 Å². The molecule has 1 saturated heterocycles. The zero-order chi connectivity index (χ0) is 18.8. The molecule has 1 fully saturated rings. The molecule has 8 heteroatoms. The first kappa shape index (κ1) is 18.9. The Labute approximate surface area is 146 Å². The summed E-state index contributed by atoms with van der Waals surface area (Å²) in [5.41, 5.74) is 6.05. The van der Waals surface area contributed by atoms with Crippen molar-refractivity contribution in [2.75, 3.05) is 26.2 Å². The molecule has 2 amide bonds. The van der Waals surface area contributed by atoms with Gasteiger partial charge in [0.05, 0.1) is 11.0 Å². The maximum atomic E-state index is 12.5. The predicted octanol–water partition coefficient (Wildman–Crippen LogP) is 1.25. The molecule has 1 aromatic rings. The monoisotopic (exact) mass is 348 g/mol. The quantitative estimate of drug-likeness (QED) is 0.653. The van der Waals surface area contributed by atoms with E-state index in [9.17, 15) is 19.7 Å². The van der Waals surface area contributed by atoms with Gasteiger partial charge in [0.1, 0.15) is 0 Å². The van der Waals surface area contributed by atoms with E-state index in [0.29, 0.717) is 31.7 Å².